The molecule has 0 fully saturated rings. The smallest absolute Gasteiger partial charge is 0.132 e. The molecule has 0 aliphatic heterocycles. The fourth-order valence-corrected chi connectivity index (χ4v) is 2.14. The lowest BCUT2D eigenvalue weighted by Crippen LogP contribution is -2.07. The summed E-state index contributed by atoms with van der Waals surface area (Å²) < 4.78 is 24.1. The molecule has 20 heavy (non-hydrogen) atoms. The number of halogens is 1. The largest absolute Gasteiger partial charge is 0.497 e. The van der Waals surface area contributed by atoms with Gasteiger partial charge in [-0.1, -0.05) is 18.2 Å². The van der Waals surface area contributed by atoms with E-state index < -0.39 is 11.9 Å². The van der Waals surface area contributed by atoms with Crippen LogP contribution in [-0.2, 0) is 6.42 Å². The molecule has 2 rings (SSSR count). The summed E-state index contributed by atoms with van der Waals surface area (Å²) in [7, 11) is 3.03. The van der Waals surface area contributed by atoms with Crippen molar-refractivity contribution in [1.82, 2.24) is 0 Å². The summed E-state index contributed by atoms with van der Waals surface area (Å²) in [6.45, 7) is 0. The second-order valence-electron chi connectivity index (χ2n) is 4.43. The normalized spacial score (nSPS) is 12.0. The van der Waals surface area contributed by atoms with Gasteiger partial charge in [0.1, 0.15) is 17.3 Å². The van der Waals surface area contributed by atoms with E-state index in [1.165, 1.54) is 13.2 Å². The van der Waals surface area contributed by atoms with E-state index in [1.54, 1.807) is 19.2 Å². The third kappa shape index (κ3) is 3.08. The molecule has 0 aliphatic carbocycles. The van der Waals surface area contributed by atoms with Gasteiger partial charge in [-0.15, -0.1) is 0 Å². The van der Waals surface area contributed by atoms with Crippen LogP contribution >= 0.6 is 0 Å². The number of aliphatic hydroxyl groups excluding tert-OH is 1. The number of ether oxygens (including phenoxy) is 2. The topological polar surface area (TPSA) is 38.7 Å². The Kier molecular flexibility index (Phi) is 4.58. The van der Waals surface area contributed by atoms with Crippen LogP contribution in [0.2, 0.25) is 0 Å². The zero-order valence-electron chi connectivity index (χ0n) is 11.5. The van der Waals surface area contributed by atoms with E-state index in [1.807, 2.05) is 24.3 Å². The van der Waals surface area contributed by atoms with Gasteiger partial charge in [-0.05, 0) is 29.8 Å². The Labute approximate surface area is 117 Å². The molecular formula is C16H17FO3. The fraction of sp³-hybridized carbons (Fsp3) is 0.250. The van der Waals surface area contributed by atoms with Gasteiger partial charge in [0.2, 0.25) is 0 Å². The Hall–Kier alpha value is -2.07. The van der Waals surface area contributed by atoms with Crippen LogP contribution in [0.4, 0.5) is 4.39 Å². The van der Waals surface area contributed by atoms with Crippen molar-refractivity contribution in [3.05, 3.63) is 59.4 Å². The minimum atomic E-state index is -0.974. The van der Waals surface area contributed by atoms with Crippen molar-refractivity contribution in [2.45, 2.75) is 12.5 Å². The maximum atomic E-state index is 13.9. The van der Waals surface area contributed by atoms with E-state index in [2.05, 4.69) is 0 Å². The summed E-state index contributed by atoms with van der Waals surface area (Å²) in [6, 6.07) is 11.8. The minimum Gasteiger partial charge on any atom is -0.497 e. The predicted molar refractivity (Wildman–Crippen MR) is 74.6 cm³/mol. The Balaban J connectivity index is 2.25. The van der Waals surface area contributed by atoms with Crippen molar-refractivity contribution in [3.8, 4) is 11.5 Å². The maximum absolute atomic E-state index is 13.9. The van der Waals surface area contributed by atoms with Crippen LogP contribution in [0.1, 0.15) is 17.2 Å². The molecule has 0 radical (unpaired) electrons. The van der Waals surface area contributed by atoms with Crippen LogP contribution in [0, 0.1) is 5.82 Å². The van der Waals surface area contributed by atoms with Crippen molar-refractivity contribution in [2.24, 2.45) is 0 Å². The van der Waals surface area contributed by atoms with Gasteiger partial charge in [0.05, 0.1) is 25.9 Å². The van der Waals surface area contributed by atoms with Gasteiger partial charge in [0, 0.05) is 6.42 Å². The SMILES string of the molecule is COc1cccc(CC(O)c2c(F)cccc2OC)c1. The summed E-state index contributed by atoms with van der Waals surface area (Å²) in [5.74, 6) is 0.579. The van der Waals surface area contributed by atoms with Crippen LogP contribution in [-0.4, -0.2) is 19.3 Å². The summed E-state index contributed by atoms with van der Waals surface area (Å²) >= 11 is 0. The average Bonchev–Trinajstić information content (AvgIpc) is 2.46. The van der Waals surface area contributed by atoms with Crippen LogP contribution in [0.5, 0.6) is 11.5 Å². The molecule has 0 heterocycles. The fourth-order valence-electron chi connectivity index (χ4n) is 2.14. The lowest BCUT2D eigenvalue weighted by atomic mass is 10.00. The molecule has 0 aromatic heterocycles. The molecule has 1 unspecified atom stereocenters. The summed E-state index contributed by atoms with van der Waals surface area (Å²) in [4.78, 5) is 0. The third-order valence-electron chi connectivity index (χ3n) is 3.13. The molecule has 0 saturated carbocycles. The molecule has 0 bridgehead atoms. The van der Waals surface area contributed by atoms with E-state index in [0.717, 1.165) is 5.56 Å². The highest BCUT2D eigenvalue weighted by atomic mass is 19.1. The summed E-state index contributed by atoms with van der Waals surface area (Å²) in [5, 5.41) is 10.3. The van der Waals surface area contributed by atoms with E-state index in [9.17, 15) is 9.50 Å². The summed E-state index contributed by atoms with van der Waals surface area (Å²) in [5.41, 5.74) is 1.04. The molecule has 0 spiro atoms. The van der Waals surface area contributed by atoms with Crippen molar-refractivity contribution >= 4 is 0 Å². The molecule has 2 aromatic carbocycles. The second kappa shape index (κ2) is 6.39. The molecule has 1 atom stereocenters. The molecular weight excluding hydrogens is 259 g/mol. The van der Waals surface area contributed by atoms with Gasteiger partial charge >= 0.3 is 0 Å². The lowest BCUT2D eigenvalue weighted by molar-refractivity contribution is 0.169. The Morgan fingerprint density at radius 2 is 1.85 bits per heavy atom. The Bertz CT molecular complexity index is 584. The van der Waals surface area contributed by atoms with E-state index in [-0.39, 0.29) is 12.0 Å². The first-order chi connectivity index (χ1) is 9.65. The predicted octanol–water partition coefficient (Wildman–Crippen LogP) is 3.12. The van der Waals surface area contributed by atoms with Gasteiger partial charge in [-0.25, -0.2) is 4.39 Å². The van der Waals surface area contributed by atoms with Gasteiger partial charge in [-0.2, -0.15) is 0 Å². The Morgan fingerprint density at radius 1 is 1.10 bits per heavy atom. The maximum Gasteiger partial charge on any atom is 0.132 e. The van der Waals surface area contributed by atoms with E-state index >= 15 is 0 Å². The average molecular weight is 276 g/mol. The standard InChI is InChI=1S/C16H17FO3/c1-19-12-6-3-5-11(9-12)10-14(18)16-13(17)7-4-8-15(16)20-2/h3-9,14,18H,10H2,1-2H3. The van der Waals surface area contributed by atoms with E-state index in [4.69, 9.17) is 9.47 Å². The molecule has 1 N–H and O–H groups in total. The Morgan fingerprint density at radius 3 is 2.55 bits per heavy atom. The van der Waals surface area contributed by atoms with Crippen molar-refractivity contribution < 1.29 is 19.0 Å². The molecule has 2 aromatic rings. The number of benzene rings is 2. The van der Waals surface area contributed by atoms with Gasteiger partial charge < -0.3 is 14.6 Å². The van der Waals surface area contributed by atoms with Crippen molar-refractivity contribution in [2.75, 3.05) is 14.2 Å². The van der Waals surface area contributed by atoms with Crippen molar-refractivity contribution in [3.63, 3.8) is 0 Å². The number of hydrogen-bond acceptors (Lipinski definition) is 3. The van der Waals surface area contributed by atoms with Gasteiger partial charge in [-0.3, -0.25) is 0 Å². The number of aliphatic hydroxyl groups is 1. The zero-order valence-corrected chi connectivity index (χ0v) is 11.5. The monoisotopic (exact) mass is 276 g/mol. The molecule has 0 aliphatic rings. The first-order valence-electron chi connectivity index (χ1n) is 6.29. The van der Waals surface area contributed by atoms with Crippen LogP contribution in [0.15, 0.2) is 42.5 Å². The molecule has 0 amide bonds. The summed E-state index contributed by atoms with van der Waals surface area (Å²) in [6.07, 6.45) is -0.688. The van der Waals surface area contributed by atoms with E-state index in [0.29, 0.717) is 11.5 Å². The van der Waals surface area contributed by atoms with Gasteiger partial charge in [0.25, 0.3) is 0 Å². The van der Waals surface area contributed by atoms with Gasteiger partial charge in [0.15, 0.2) is 0 Å². The molecule has 106 valence electrons. The lowest BCUT2D eigenvalue weighted by Gasteiger charge is -2.16. The number of hydrogen-bond donors (Lipinski definition) is 1. The zero-order chi connectivity index (χ0) is 14.5. The quantitative estimate of drug-likeness (QED) is 0.912. The highest BCUT2D eigenvalue weighted by Gasteiger charge is 2.18. The van der Waals surface area contributed by atoms with Crippen LogP contribution in [0.3, 0.4) is 0 Å². The first-order valence-corrected chi connectivity index (χ1v) is 6.29. The van der Waals surface area contributed by atoms with Crippen molar-refractivity contribution in [1.29, 1.82) is 0 Å². The second-order valence-corrected chi connectivity index (χ2v) is 4.43. The molecule has 0 saturated heterocycles. The third-order valence-corrected chi connectivity index (χ3v) is 3.13. The first kappa shape index (κ1) is 14.3. The molecule has 3 nitrogen and oxygen atoms in total. The number of rotatable bonds is 5. The highest BCUT2D eigenvalue weighted by Crippen LogP contribution is 2.30. The van der Waals surface area contributed by atoms with Crippen LogP contribution < -0.4 is 9.47 Å². The number of methoxy groups -OCH3 is 2. The van der Waals surface area contributed by atoms with Crippen LogP contribution in [0.25, 0.3) is 0 Å². The molecule has 4 heteroatoms. The minimum absolute atomic E-state index is 0.179. The highest BCUT2D eigenvalue weighted by molar-refractivity contribution is 5.38.